The number of Topliss-reactive ketones (excluding diaryl/α,β-unsaturated/α-hetero) is 1. The van der Waals surface area contributed by atoms with Gasteiger partial charge in [-0.25, -0.2) is 9.07 Å². The lowest BCUT2D eigenvalue weighted by atomic mass is 9.49. The number of carbonyl (C=O) groups excluding carboxylic acids is 1. The van der Waals surface area contributed by atoms with Crippen LogP contribution in [0.4, 0.5) is 4.39 Å². The molecule has 7 atom stereocenters. The second-order valence-electron chi connectivity index (χ2n) is 13.2. The molecule has 3 saturated carbocycles. The lowest BCUT2D eigenvalue weighted by Crippen LogP contribution is -2.54. The van der Waals surface area contributed by atoms with Crippen molar-refractivity contribution in [3.63, 3.8) is 0 Å². The quantitative estimate of drug-likeness (QED) is 0.472. The number of fused-ring (bicyclic) bond motifs is 2. The number of nitrogens with zero attached hydrogens (tertiary/aromatic N) is 3. The van der Waals surface area contributed by atoms with Crippen LogP contribution in [0.2, 0.25) is 0 Å². The van der Waals surface area contributed by atoms with Gasteiger partial charge in [0.1, 0.15) is 12.1 Å². The highest BCUT2D eigenvalue weighted by Crippen LogP contribution is 2.60. The highest BCUT2D eigenvalue weighted by molar-refractivity contribution is 5.84. The van der Waals surface area contributed by atoms with E-state index in [0.717, 1.165) is 58.0 Å². The molecule has 1 aromatic heterocycles. The van der Waals surface area contributed by atoms with Gasteiger partial charge in [-0.15, -0.1) is 5.10 Å². The van der Waals surface area contributed by atoms with E-state index in [2.05, 4.69) is 24.2 Å². The fraction of sp³-hybridized carbons (Fsp3) is 0.767. The smallest absolute Gasteiger partial charge is 0.157 e. The molecule has 0 aliphatic heterocycles. The van der Waals surface area contributed by atoms with Gasteiger partial charge in [0.25, 0.3) is 0 Å². The summed E-state index contributed by atoms with van der Waals surface area (Å²) in [5.41, 5.74) is 0.299. The minimum Gasteiger partial charge on any atom is -0.390 e. The maximum atomic E-state index is 14.1. The number of hydrogen-bond donors (Lipinski definition) is 1. The van der Waals surface area contributed by atoms with Crippen LogP contribution in [-0.2, 0) is 16.1 Å². The summed E-state index contributed by atoms with van der Waals surface area (Å²) in [5, 5.41) is 18.9. The van der Waals surface area contributed by atoms with Gasteiger partial charge in [-0.1, -0.05) is 38.0 Å². The molecule has 0 bridgehead atoms. The van der Waals surface area contributed by atoms with E-state index in [1.54, 1.807) is 16.8 Å². The Hall–Kier alpha value is -1.86. The Balaban J connectivity index is 1.32. The van der Waals surface area contributed by atoms with Crippen molar-refractivity contribution in [2.24, 2.45) is 34.5 Å². The van der Waals surface area contributed by atoms with E-state index in [4.69, 9.17) is 4.74 Å². The van der Waals surface area contributed by atoms with Crippen LogP contribution in [0.3, 0.4) is 0 Å². The van der Waals surface area contributed by atoms with E-state index in [1.165, 1.54) is 18.9 Å². The SMILES string of the molecule is COCC12CCC(C)(O)CC1CCC(C)C2CCC1(C)CCCC1C(=O)Cn1nnc2c(F)cccc21. The molecule has 5 rings (SSSR count). The number of ether oxygens (including phenoxy) is 1. The monoisotopic (exact) mass is 513 g/mol. The van der Waals surface area contributed by atoms with Crippen molar-refractivity contribution >= 4 is 16.8 Å². The fourth-order valence-electron chi connectivity index (χ4n) is 8.69. The first-order valence-electron chi connectivity index (χ1n) is 14.3. The highest BCUT2D eigenvalue weighted by atomic mass is 19.1. The first-order valence-corrected chi connectivity index (χ1v) is 14.3. The molecule has 37 heavy (non-hydrogen) atoms. The van der Waals surface area contributed by atoms with Crippen LogP contribution in [0, 0.1) is 40.3 Å². The predicted molar refractivity (Wildman–Crippen MR) is 141 cm³/mol. The van der Waals surface area contributed by atoms with Gasteiger partial charge in [0.15, 0.2) is 11.6 Å². The fourth-order valence-corrected chi connectivity index (χ4v) is 8.69. The van der Waals surface area contributed by atoms with Crippen LogP contribution in [0.15, 0.2) is 18.2 Å². The van der Waals surface area contributed by atoms with Crippen LogP contribution in [0.25, 0.3) is 11.0 Å². The number of aromatic nitrogens is 3. The molecule has 1 aromatic carbocycles. The lowest BCUT2D eigenvalue weighted by Gasteiger charge is -2.58. The van der Waals surface area contributed by atoms with Crippen molar-refractivity contribution in [2.75, 3.05) is 13.7 Å². The Morgan fingerprint density at radius 1 is 1.22 bits per heavy atom. The van der Waals surface area contributed by atoms with Gasteiger partial charge < -0.3 is 9.84 Å². The van der Waals surface area contributed by atoms with Gasteiger partial charge in [0.2, 0.25) is 0 Å². The Labute approximate surface area is 220 Å². The number of hydrogen-bond acceptors (Lipinski definition) is 5. The average Bonchev–Trinajstić information content (AvgIpc) is 3.44. The standard InChI is InChI=1S/C30H44FN3O3/c1-20-10-11-21-17-29(3,36)15-16-30(21,19-37-4)22(20)12-14-28(2)13-6-7-23(28)26(35)18-34-25-9-5-8-24(31)27(25)32-33-34/h5,8-9,20-23,36H,6-7,10-19H2,1-4H3. The number of aliphatic hydroxyl groups is 1. The van der Waals surface area contributed by atoms with E-state index in [9.17, 15) is 14.3 Å². The van der Waals surface area contributed by atoms with Crippen LogP contribution in [0.1, 0.15) is 85.0 Å². The summed E-state index contributed by atoms with van der Waals surface area (Å²) in [4.78, 5) is 13.6. The molecule has 0 saturated heterocycles. The van der Waals surface area contributed by atoms with Gasteiger partial charge >= 0.3 is 0 Å². The lowest BCUT2D eigenvalue weighted by molar-refractivity contribution is -0.145. The molecule has 3 aliphatic rings. The molecule has 204 valence electrons. The van der Waals surface area contributed by atoms with Crippen molar-refractivity contribution in [3.8, 4) is 0 Å². The van der Waals surface area contributed by atoms with Crippen molar-refractivity contribution in [1.29, 1.82) is 0 Å². The van der Waals surface area contributed by atoms with Crippen LogP contribution >= 0.6 is 0 Å². The van der Waals surface area contributed by atoms with Crippen molar-refractivity contribution < 1.29 is 19.0 Å². The molecule has 1 N–H and O–H groups in total. The predicted octanol–water partition coefficient (Wildman–Crippen LogP) is 5.96. The Morgan fingerprint density at radius 2 is 2.03 bits per heavy atom. The van der Waals surface area contributed by atoms with Crippen molar-refractivity contribution in [2.45, 2.75) is 97.1 Å². The molecule has 2 aromatic rings. The molecule has 0 amide bonds. The summed E-state index contributed by atoms with van der Waals surface area (Å²) in [7, 11) is 1.82. The van der Waals surface area contributed by atoms with E-state index >= 15 is 0 Å². The second-order valence-corrected chi connectivity index (χ2v) is 13.2. The number of halogens is 1. The number of carbonyl (C=O) groups is 1. The van der Waals surface area contributed by atoms with E-state index in [-0.39, 0.29) is 34.6 Å². The normalized spacial score (nSPS) is 38.1. The summed E-state index contributed by atoms with van der Waals surface area (Å²) in [5.74, 6) is 1.41. The summed E-state index contributed by atoms with van der Waals surface area (Å²) >= 11 is 0. The van der Waals surface area contributed by atoms with Crippen LogP contribution < -0.4 is 0 Å². The maximum absolute atomic E-state index is 14.1. The summed E-state index contributed by atoms with van der Waals surface area (Å²) in [6, 6.07) is 4.79. The average molecular weight is 514 g/mol. The molecule has 1 heterocycles. The van der Waals surface area contributed by atoms with Gasteiger partial charge in [0.05, 0.1) is 17.7 Å². The third kappa shape index (κ3) is 4.87. The highest BCUT2D eigenvalue weighted by Gasteiger charge is 2.55. The molecule has 3 aliphatic carbocycles. The molecule has 7 heteroatoms. The zero-order valence-electron chi connectivity index (χ0n) is 23.0. The third-order valence-electron chi connectivity index (χ3n) is 10.7. The molecular formula is C30H44FN3O3. The van der Waals surface area contributed by atoms with Crippen LogP contribution in [0.5, 0.6) is 0 Å². The Bertz CT molecular complexity index is 1130. The molecule has 0 radical (unpaired) electrons. The summed E-state index contributed by atoms with van der Waals surface area (Å²) in [6.45, 7) is 7.61. The third-order valence-corrected chi connectivity index (χ3v) is 10.7. The van der Waals surface area contributed by atoms with Gasteiger partial charge in [-0.3, -0.25) is 4.79 Å². The Morgan fingerprint density at radius 3 is 2.81 bits per heavy atom. The molecule has 0 spiro atoms. The number of ketones is 1. The maximum Gasteiger partial charge on any atom is 0.157 e. The Kier molecular flexibility index (Phi) is 7.25. The van der Waals surface area contributed by atoms with Gasteiger partial charge in [-0.2, -0.15) is 0 Å². The zero-order valence-corrected chi connectivity index (χ0v) is 23.0. The number of methoxy groups -OCH3 is 1. The topological polar surface area (TPSA) is 77.2 Å². The summed E-state index contributed by atoms with van der Waals surface area (Å²) < 4.78 is 21.5. The van der Waals surface area contributed by atoms with E-state index < -0.39 is 11.4 Å². The van der Waals surface area contributed by atoms with Gasteiger partial charge in [-0.05, 0) is 99.0 Å². The minimum atomic E-state index is -0.573. The first kappa shape index (κ1) is 26.7. The van der Waals surface area contributed by atoms with Crippen molar-refractivity contribution in [3.05, 3.63) is 24.0 Å². The molecule has 7 unspecified atom stereocenters. The largest absolute Gasteiger partial charge is 0.390 e. The molecule has 3 fully saturated rings. The number of benzene rings is 1. The molecule has 6 nitrogen and oxygen atoms in total. The second kappa shape index (κ2) is 10.0. The number of rotatable bonds is 8. The van der Waals surface area contributed by atoms with Crippen molar-refractivity contribution in [1.82, 2.24) is 15.0 Å². The molecular weight excluding hydrogens is 469 g/mol. The zero-order chi connectivity index (χ0) is 26.4. The van der Waals surface area contributed by atoms with E-state index in [1.807, 2.05) is 14.0 Å². The minimum absolute atomic E-state index is 0.0135. The summed E-state index contributed by atoms with van der Waals surface area (Å²) in [6.07, 6.45) is 10.2. The van der Waals surface area contributed by atoms with Gasteiger partial charge in [0, 0.05) is 13.0 Å². The first-order chi connectivity index (χ1) is 17.6. The van der Waals surface area contributed by atoms with Crippen LogP contribution in [-0.4, -0.2) is 45.2 Å². The van der Waals surface area contributed by atoms with E-state index in [0.29, 0.717) is 23.3 Å².